The van der Waals surface area contributed by atoms with Crippen molar-refractivity contribution in [1.29, 1.82) is 0 Å². The number of aliphatic carboxylic acids is 1. The van der Waals surface area contributed by atoms with Gasteiger partial charge in [0.05, 0.1) is 0 Å². The van der Waals surface area contributed by atoms with Gasteiger partial charge in [0.25, 0.3) is 0 Å². The summed E-state index contributed by atoms with van der Waals surface area (Å²) in [7, 11) is 0. The third-order valence-electron chi connectivity index (χ3n) is 2.08. The van der Waals surface area contributed by atoms with Crippen LogP contribution in [0.4, 0.5) is 5.69 Å². The molecule has 1 unspecified atom stereocenters. The maximum Gasteiger partial charge on any atom is 0.216 e. The van der Waals surface area contributed by atoms with Crippen LogP contribution in [-0.2, 0) is 9.59 Å². The number of carbonyl (C=O) groups is 2. The van der Waals surface area contributed by atoms with Crippen molar-refractivity contribution in [3.05, 3.63) is 24.3 Å². The van der Waals surface area contributed by atoms with Gasteiger partial charge < -0.3 is 15.2 Å². The van der Waals surface area contributed by atoms with Crippen molar-refractivity contribution in [2.75, 3.05) is 5.32 Å². The first-order valence-corrected chi connectivity index (χ1v) is 5.25. The molecule has 1 aromatic carbocycles. The van der Waals surface area contributed by atoms with Crippen molar-refractivity contribution in [2.24, 2.45) is 0 Å². The van der Waals surface area contributed by atoms with Crippen LogP contribution in [0.15, 0.2) is 29.2 Å². The lowest BCUT2D eigenvalue weighted by molar-refractivity contribution is -0.305. The van der Waals surface area contributed by atoms with E-state index < -0.39 is 12.0 Å². The van der Waals surface area contributed by atoms with Crippen LogP contribution in [0.5, 0.6) is 0 Å². The Labute approximate surface area is 90.7 Å². The molecular weight excluding hydrogens is 214 g/mol. The van der Waals surface area contributed by atoms with Crippen LogP contribution in [0.25, 0.3) is 0 Å². The van der Waals surface area contributed by atoms with Crippen LogP contribution in [0.3, 0.4) is 0 Å². The lowest BCUT2D eigenvalue weighted by Gasteiger charge is -2.25. The molecule has 1 atom stereocenters. The highest BCUT2D eigenvalue weighted by molar-refractivity contribution is 8.14. The van der Waals surface area contributed by atoms with Crippen LogP contribution in [-0.4, -0.2) is 17.1 Å². The molecule has 0 bridgehead atoms. The second-order valence-corrected chi connectivity index (χ2v) is 4.24. The van der Waals surface area contributed by atoms with E-state index >= 15 is 0 Å². The molecule has 0 fully saturated rings. The molecule has 1 aromatic rings. The Bertz CT molecular complexity index is 419. The smallest absolute Gasteiger partial charge is 0.216 e. The summed E-state index contributed by atoms with van der Waals surface area (Å²) in [5.74, 6) is -1.22. The fraction of sp³-hybridized carbons (Fsp3) is 0.200. The Kier molecular flexibility index (Phi) is 2.64. The van der Waals surface area contributed by atoms with Crippen molar-refractivity contribution in [2.45, 2.75) is 17.4 Å². The molecule has 0 amide bonds. The molecule has 0 aromatic heterocycles. The molecule has 1 aliphatic rings. The van der Waals surface area contributed by atoms with Gasteiger partial charge in [-0.05, 0) is 23.9 Å². The molecule has 0 spiro atoms. The highest BCUT2D eigenvalue weighted by Crippen LogP contribution is 2.34. The molecule has 4 nitrogen and oxygen atoms in total. The Balaban J connectivity index is 2.22. The molecule has 15 heavy (non-hydrogen) atoms. The molecular formula is C10H8NO3S-. The van der Waals surface area contributed by atoms with Gasteiger partial charge in [0, 0.05) is 23.0 Å². The topological polar surface area (TPSA) is 69.2 Å². The molecule has 1 N–H and O–H groups in total. The second-order valence-electron chi connectivity index (χ2n) is 3.19. The van der Waals surface area contributed by atoms with E-state index in [4.69, 9.17) is 0 Å². The quantitative estimate of drug-likeness (QED) is 0.776. The largest absolute Gasteiger partial charge is 0.550 e. The fourth-order valence-corrected chi connectivity index (χ4v) is 2.29. The van der Waals surface area contributed by atoms with E-state index in [1.165, 1.54) is 0 Å². The maximum absolute atomic E-state index is 11.5. The summed E-state index contributed by atoms with van der Waals surface area (Å²) in [6, 6.07) is 6.62. The van der Waals surface area contributed by atoms with E-state index in [9.17, 15) is 14.7 Å². The van der Waals surface area contributed by atoms with Crippen molar-refractivity contribution in [3.63, 3.8) is 0 Å². The second kappa shape index (κ2) is 3.94. The minimum atomic E-state index is -1.22. The standard InChI is InChI=1S/C10H9NO3S/c12-9(13)5-7-10(14)15-8-4-2-1-3-6(8)11-7/h1-4,7,11H,5H2,(H,12,13)/p-1. The van der Waals surface area contributed by atoms with Gasteiger partial charge in [-0.25, -0.2) is 0 Å². The van der Waals surface area contributed by atoms with Crippen LogP contribution < -0.4 is 10.4 Å². The van der Waals surface area contributed by atoms with E-state index in [-0.39, 0.29) is 11.5 Å². The van der Waals surface area contributed by atoms with Crippen LogP contribution in [0.1, 0.15) is 6.42 Å². The number of carboxylic acids is 1. The number of para-hydroxylation sites is 1. The molecule has 1 heterocycles. The first kappa shape index (κ1) is 10.0. The molecule has 2 rings (SSSR count). The number of nitrogens with one attached hydrogen (secondary N) is 1. The molecule has 0 saturated carbocycles. The Morgan fingerprint density at radius 3 is 2.93 bits per heavy atom. The summed E-state index contributed by atoms with van der Waals surface area (Å²) in [6.45, 7) is 0. The van der Waals surface area contributed by atoms with Crippen molar-refractivity contribution in [1.82, 2.24) is 0 Å². The summed E-state index contributed by atoms with van der Waals surface area (Å²) in [6.07, 6.45) is -0.292. The number of rotatable bonds is 2. The fourth-order valence-electron chi connectivity index (χ4n) is 1.40. The van der Waals surface area contributed by atoms with E-state index in [0.29, 0.717) is 0 Å². The molecule has 0 aliphatic carbocycles. The zero-order chi connectivity index (χ0) is 10.8. The van der Waals surface area contributed by atoms with E-state index in [1.807, 2.05) is 24.3 Å². The predicted molar refractivity (Wildman–Crippen MR) is 54.3 cm³/mol. The van der Waals surface area contributed by atoms with E-state index in [2.05, 4.69) is 5.32 Å². The third-order valence-corrected chi connectivity index (χ3v) is 3.14. The van der Waals surface area contributed by atoms with Gasteiger partial charge in [0.15, 0.2) is 0 Å². The highest BCUT2D eigenvalue weighted by Gasteiger charge is 2.26. The molecule has 78 valence electrons. The number of carbonyl (C=O) groups excluding carboxylic acids is 2. The summed E-state index contributed by atoms with van der Waals surface area (Å²) < 4.78 is 0. The van der Waals surface area contributed by atoms with Crippen LogP contribution in [0.2, 0.25) is 0 Å². The van der Waals surface area contributed by atoms with Crippen molar-refractivity contribution in [3.8, 4) is 0 Å². The SMILES string of the molecule is O=C([O-])CC1Nc2ccccc2SC1=O. The van der Waals surface area contributed by atoms with E-state index in [0.717, 1.165) is 22.3 Å². The number of benzene rings is 1. The zero-order valence-corrected chi connectivity index (χ0v) is 8.54. The first-order valence-electron chi connectivity index (χ1n) is 4.44. The maximum atomic E-state index is 11.5. The number of hydrogen-bond acceptors (Lipinski definition) is 5. The van der Waals surface area contributed by atoms with Gasteiger partial charge in [-0.15, -0.1) is 0 Å². The highest BCUT2D eigenvalue weighted by atomic mass is 32.2. The van der Waals surface area contributed by atoms with Crippen LogP contribution in [0, 0.1) is 0 Å². The lowest BCUT2D eigenvalue weighted by atomic mass is 10.2. The average molecular weight is 222 g/mol. The Hall–Kier alpha value is -1.49. The van der Waals surface area contributed by atoms with Crippen molar-refractivity contribution < 1.29 is 14.7 Å². The minimum Gasteiger partial charge on any atom is -0.550 e. The molecule has 0 radical (unpaired) electrons. The van der Waals surface area contributed by atoms with Crippen molar-refractivity contribution >= 4 is 28.5 Å². The Morgan fingerprint density at radius 2 is 2.20 bits per heavy atom. The summed E-state index contributed by atoms with van der Waals surface area (Å²) in [4.78, 5) is 22.7. The van der Waals surface area contributed by atoms with Gasteiger partial charge in [-0.3, -0.25) is 4.79 Å². The molecule has 5 heteroatoms. The Morgan fingerprint density at radius 1 is 1.47 bits per heavy atom. The lowest BCUT2D eigenvalue weighted by Crippen LogP contribution is -2.37. The van der Waals surface area contributed by atoms with E-state index in [1.54, 1.807) is 0 Å². The zero-order valence-electron chi connectivity index (χ0n) is 7.73. The number of thioether (sulfide) groups is 1. The number of hydrogen-bond donors (Lipinski definition) is 1. The predicted octanol–water partition coefficient (Wildman–Crippen LogP) is 0.239. The van der Waals surface area contributed by atoms with Gasteiger partial charge in [0.1, 0.15) is 6.04 Å². The van der Waals surface area contributed by atoms with Gasteiger partial charge in [-0.1, -0.05) is 12.1 Å². The third kappa shape index (κ3) is 2.12. The first-order chi connectivity index (χ1) is 7.16. The summed E-state index contributed by atoms with van der Waals surface area (Å²) in [5.41, 5.74) is 0.799. The van der Waals surface area contributed by atoms with Gasteiger partial charge in [0.2, 0.25) is 5.12 Å². The minimum absolute atomic E-state index is 0.182. The molecule has 1 aliphatic heterocycles. The average Bonchev–Trinajstić information content (AvgIpc) is 2.18. The summed E-state index contributed by atoms with van der Waals surface area (Å²) in [5, 5.41) is 13.1. The molecule has 0 saturated heterocycles. The number of fused-ring (bicyclic) bond motifs is 1. The van der Waals surface area contributed by atoms with Gasteiger partial charge in [-0.2, -0.15) is 0 Å². The number of anilines is 1. The monoisotopic (exact) mass is 222 g/mol. The summed E-state index contributed by atoms with van der Waals surface area (Å²) >= 11 is 1.07. The normalized spacial score (nSPS) is 19.2. The van der Waals surface area contributed by atoms with Crippen LogP contribution >= 0.6 is 11.8 Å². The van der Waals surface area contributed by atoms with Gasteiger partial charge >= 0.3 is 0 Å². The number of carboxylic acid groups (broad SMARTS) is 1.